The van der Waals surface area contributed by atoms with Gasteiger partial charge in [-0.15, -0.1) is 0 Å². The highest BCUT2D eigenvalue weighted by Crippen LogP contribution is 2.38. The van der Waals surface area contributed by atoms with Crippen LogP contribution in [0.4, 0.5) is 13.2 Å². The third-order valence-corrected chi connectivity index (χ3v) is 4.45. The molecule has 1 aliphatic carbocycles. The fraction of sp³-hybridized carbons (Fsp3) is 0.588. The summed E-state index contributed by atoms with van der Waals surface area (Å²) in [5.74, 6) is 0.227. The van der Waals surface area contributed by atoms with Gasteiger partial charge in [-0.05, 0) is 48.8 Å². The van der Waals surface area contributed by atoms with Gasteiger partial charge in [0.15, 0.2) is 0 Å². The summed E-state index contributed by atoms with van der Waals surface area (Å²) in [5, 5.41) is 0. The zero-order valence-electron chi connectivity index (χ0n) is 12.5. The fourth-order valence-corrected chi connectivity index (χ4v) is 2.88. The third kappa shape index (κ3) is 4.32. The first-order valence-electron chi connectivity index (χ1n) is 7.36. The lowest BCUT2D eigenvalue weighted by Crippen LogP contribution is -2.27. The normalized spacial score (nSPS) is 19.5. The molecule has 0 bridgehead atoms. The average molecular weight is 298 g/mol. The highest BCUT2D eigenvalue weighted by Gasteiger charge is 2.31. The van der Waals surface area contributed by atoms with E-state index in [0.717, 1.165) is 37.8 Å². The van der Waals surface area contributed by atoms with Crippen LogP contribution in [0.15, 0.2) is 24.3 Å². The number of alkyl halides is 3. The maximum absolute atomic E-state index is 12.5. The van der Waals surface area contributed by atoms with Gasteiger partial charge < -0.3 is 0 Å². The van der Waals surface area contributed by atoms with E-state index in [1.807, 2.05) is 0 Å². The standard InChI is InChI=1S/C17H21F3O/c1-16(2)9-7-13(8-10-16)15(21)11-12-3-5-14(6-4-12)17(18,19)20/h3-6,13H,7-11H2,1-2H3. The van der Waals surface area contributed by atoms with Gasteiger partial charge in [0.1, 0.15) is 5.78 Å². The van der Waals surface area contributed by atoms with Crippen LogP contribution in [-0.4, -0.2) is 5.78 Å². The minimum absolute atomic E-state index is 0.0697. The Labute approximate surface area is 123 Å². The number of ketones is 1. The van der Waals surface area contributed by atoms with Gasteiger partial charge >= 0.3 is 6.18 Å². The van der Waals surface area contributed by atoms with Crippen molar-refractivity contribution in [2.24, 2.45) is 11.3 Å². The fourth-order valence-electron chi connectivity index (χ4n) is 2.88. The molecule has 0 aliphatic heterocycles. The Morgan fingerprint density at radius 3 is 2.14 bits per heavy atom. The lowest BCUT2D eigenvalue weighted by atomic mass is 9.71. The van der Waals surface area contributed by atoms with Crippen LogP contribution in [0.1, 0.15) is 50.7 Å². The predicted octanol–water partition coefficient (Wildman–Crippen LogP) is 5.03. The summed E-state index contributed by atoms with van der Waals surface area (Å²) in [6, 6.07) is 4.92. The van der Waals surface area contributed by atoms with E-state index in [1.165, 1.54) is 12.1 Å². The molecule has 0 saturated heterocycles. The quantitative estimate of drug-likeness (QED) is 0.764. The first-order valence-corrected chi connectivity index (χ1v) is 7.36. The first-order chi connectivity index (χ1) is 9.67. The molecule has 21 heavy (non-hydrogen) atoms. The molecule has 0 heterocycles. The second kappa shape index (κ2) is 5.82. The monoisotopic (exact) mass is 298 g/mol. The summed E-state index contributed by atoms with van der Waals surface area (Å²) in [6.45, 7) is 4.42. The molecule has 0 N–H and O–H groups in total. The van der Waals surface area contributed by atoms with Gasteiger partial charge in [-0.2, -0.15) is 13.2 Å². The van der Waals surface area contributed by atoms with Crippen molar-refractivity contribution in [3.05, 3.63) is 35.4 Å². The molecule has 0 atom stereocenters. The van der Waals surface area contributed by atoms with Gasteiger partial charge in [0.2, 0.25) is 0 Å². The molecule has 1 aromatic rings. The molecule has 1 aromatic carbocycles. The molecular weight excluding hydrogens is 277 g/mol. The van der Waals surface area contributed by atoms with Crippen LogP contribution >= 0.6 is 0 Å². The SMILES string of the molecule is CC1(C)CCC(C(=O)Cc2ccc(C(F)(F)F)cc2)CC1. The van der Waals surface area contributed by atoms with Crippen LogP contribution in [0.3, 0.4) is 0 Å². The van der Waals surface area contributed by atoms with Gasteiger partial charge in [-0.1, -0.05) is 26.0 Å². The number of benzene rings is 1. The lowest BCUT2D eigenvalue weighted by molar-refractivity contribution is -0.137. The smallest absolute Gasteiger partial charge is 0.299 e. The third-order valence-electron chi connectivity index (χ3n) is 4.45. The van der Waals surface area contributed by atoms with Crippen molar-refractivity contribution < 1.29 is 18.0 Å². The van der Waals surface area contributed by atoms with E-state index in [9.17, 15) is 18.0 Å². The van der Waals surface area contributed by atoms with E-state index in [2.05, 4.69) is 13.8 Å². The van der Waals surface area contributed by atoms with Crippen molar-refractivity contribution in [3.8, 4) is 0 Å². The number of halogens is 3. The molecular formula is C17H21F3O. The van der Waals surface area contributed by atoms with Crippen molar-refractivity contribution >= 4 is 5.78 Å². The van der Waals surface area contributed by atoms with E-state index in [1.54, 1.807) is 0 Å². The summed E-state index contributed by atoms with van der Waals surface area (Å²) in [4.78, 5) is 12.2. The van der Waals surface area contributed by atoms with Crippen LogP contribution in [-0.2, 0) is 17.4 Å². The van der Waals surface area contributed by atoms with Crippen LogP contribution in [0, 0.1) is 11.3 Å². The van der Waals surface area contributed by atoms with Crippen molar-refractivity contribution in [1.82, 2.24) is 0 Å². The molecule has 0 aromatic heterocycles. The minimum Gasteiger partial charge on any atom is -0.299 e. The Morgan fingerprint density at radius 2 is 1.67 bits per heavy atom. The number of carbonyl (C=O) groups is 1. The molecule has 0 radical (unpaired) electrons. The van der Waals surface area contributed by atoms with E-state index in [0.29, 0.717) is 11.0 Å². The number of hydrogen-bond acceptors (Lipinski definition) is 1. The zero-order valence-corrected chi connectivity index (χ0v) is 12.5. The number of rotatable bonds is 3. The summed E-state index contributed by atoms with van der Waals surface area (Å²) in [5.41, 5.74) is 0.307. The second-order valence-corrected chi connectivity index (χ2v) is 6.78. The molecule has 2 rings (SSSR count). The van der Waals surface area contributed by atoms with E-state index >= 15 is 0 Å². The Balaban J connectivity index is 1.94. The second-order valence-electron chi connectivity index (χ2n) is 6.78. The van der Waals surface area contributed by atoms with Crippen molar-refractivity contribution in [2.75, 3.05) is 0 Å². The summed E-state index contributed by atoms with van der Waals surface area (Å²) in [6.07, 6.45) is -0.216. The molecule has 116 valence electrons. The minimum atomic E-state index is -4.32. The maximum atomic E-state index is 12.5. The molecule has 0 spiro atoms. The highest BCUT2D eigenvalue weighted by molar-refractivity contribution is 5.83. The van der Waals surface area contributed by atoms with Crippen molar-refractivity contribution in [3.63, 3.8) is 0 Å². The van der Waals surface area contributed by atoms with Gasteiger partial charge in [0.25, 0.3) is 0 Å². The maximum Gasteiger partial charge on any atom is 0.416 e. The molecule has 1 saturated carbocycles. The summed E-state index contributed by atoms with van der Waals surface area (Å²) >= 11 is 0. The highest BCUT2D eigenvalue weighted by atomic mass is 19.4. The number of carbonyl (C=O) groups excluding carboxylic acids is 1. The van der Waals surface area contributed by atoms with Crippen molar-refractivity contribution in [2.45, 2.75) is 52.1 Å². The Morgan fingerprint density at radius 1 is 1.14 bits per heavy atom. The lowest BCUT2D eigenvalue weighted by Gasteiger charge is -2.33. The van der Waals surface area contributed by atoms with Gasteiger partial charge in [-0.25, -0.2) is 0 Å². The Kier molecular flexibility index (Phi) is 4.45. The van der Waals surface area contributed by atoms with E-state index in [4.69, 9.17) is 0 Å². The molecule has 1 aliphatic rings. The van der Waals surface area contributed by atoms with Gasteiger partial charge in [0, 0.05) is 12.3 Å². The van der Waals surface area contributed by atoms with Crippen LogP contribution in [0.25, 0.3) is 0 Å². The topological polar surface area (TPSA) is 17.1 Å². The predicted molar refractivity (Wildman–Crippen MR) is 75.9 cm³/mol. The molecule has 4 heteroatoms. The van der Waals surface area contributed by atoms with Crippen LogP contribution in [0.2, 0.25) is 0 Å². The van der Waals surface area contributed by atoms with E-state index < -0.39 is 11.7 Å². The molecule has 0 unspecified atom stereocenters. The van der Waals surface area contributed by atoms with Gasteiger partial charge in [-0.3, -0.25) is 4.79 Å². The average Bonchev–Trinajstić information content (AvgIpc) is 2.38. The molecule has 1 nitrogen and oxygen atoms in total. The number of hydrogen-bond donors (Lipinski definition) is 0. The van der Waals surface area contributed by atoms with E-state index in [-0.39, 0.29) is 18.1 Å². The number of Topliss-reactive ketones (excluding diaryl/α,β-unsaturated/α-hetero) is 1. The molecule has 1 fully saturated rings. The first kappa shape index (κ1) is 16.1. The van der Waals surface area contributed by atoms with Crippen molar-refractivity contribution in [1.29, 1.82) is 0 Å². The van der Waals surface area contributed by atoms with Crippen LogP contribution < -0.4 is 0 Å². The Hall–Kier alpha value is -1.32. The zero-order chi connectivity index (χ0) is 15.7. The Bertz CT molecular complexity index is 490. The summed E-state index contributed by atoms with van der Waals surface area (Å²) in [7, 11) is 0. The van der Waals surface area contributed by atoms with Gasteiger partial charge in [0.05, 0.1) is 5.56 Å². The van der Waals surface area contributed by atoms with Crippen LogP contribution in [0.5, 0.6) is 0 Å². The molecule has 0 amide bonds. The summed E-state index contributed by atoms with van der Waals surface area (Å²) < 4.78 is 37.4. The largest absolute Gasteiger partial charge is 0.416 e.